The Balaban J connectivity index is 2.32. The minimum atomic E-state index is -3.82. The van der Waals surface area contributed by atoms with Crippen molar-refractivity contribution in [3.8, 4) is 0 Å². The zero-order chi connectivity index (χ0) is 14.9. The lowest BCUT2D eigenvalue weighted by atomic mass is 10.1. The highest BCUT2D eigenvalue weighted by atomic mass is 32.2. The molecule has 1 heterocycles. The topological polar surface area (TPSA) is 72.2 Å². The average Bonchev–Trinajstić information content (AvgIpc) is 2.69. The van der Waals surface area contributed by atoms with Crippen LogP contribution in [0.4, 0.5) is 4.39 Å². The molecule has 0 aliphatic heterocycles. The van der Waals surface area contributed by atoms with Gasteiger partial charge >= 0.3 is 0 Å². The quantitative estimate of drug-likeness (QED) is 0.941. The number of benzene rings is 1. The summed E-state index contributed by atoms with van der Waals surface area (Å²) in [6, 6.07) is 5.33. The predicted molar refractivity (Wildman–Crippen MR) is 71.1 cm³/mol. The van der Waals surface area contributed by atoms with Crippen LogP contribution in [0, 0.1) is 19.7 Å². The highest BCUT2D eigenvalue weighted by Gasteiger charge is 2.26. The minimum Gasteiger partial charge on any atom is -0.360 e. The average molecular weight is 298 g/mol. The number of sulfonamides is 1. The number of aromatic nitrogens is 1. The van der Waals surface area contributed by atoms with Crippen molar-refractivity contribution in [1.29, 1.82) is 0 Å². The van der Waals surface area contributed by atoms with Crippen molar-refractivity contribution in [2.24, 2.45) is 0 Å². The van der Waals surface area contributed by atoms with Gasteiger partial charge in [0.15, 0.2) is 5.76 Å². The Kier molecular flexibility index (Phi) is 3.92. The molecular weight excluding hydrogens is 283 g/mol. The highest BCUT2D eigenvalue weighted by molar-refractivity contribution is 7.89. The fraction of sp³-hybridized carbons (Fsp3) is 0.308. The lowest BCUT2D eigenvalue weighted by Gasteiger charge is -2.15. The third-order valence-electron chi connectivity index (χ3n) is 2.94. The van der Waals surface area contributed by atoms with Crippen molar-refractivity contribution in [2.75, 3.05) is 0 Å². The Morgan fingerprint density at radius 2 is 1.95 bits per heavy atom. The summed E-state index contributed by atoms with van der Waals surface area (Å²) in [5.74, 6) is -0.253. The van der Waals surface area contributed by atoms with Crippen molar-refractivity contribution >= 4 is 10.0 Å². The fourth-order valence-corrected chi connectivity index (χ4v) is 3.59. The number of hydrogen-bond donors (Lipinski definition) is 1. The molecule has 1 aromatic heterocycles. The van der Waals surface area contributed by atoms with E-state index in [2.05, 4.69) is 9.88 Å². The minimum absolute atomic E-state index is 0.000638. The van der Waals surface area contributed by atoms with Gasteiger partial charge in [0, 0.05) is 11.6 Å². The van der Waals surface area contributed by atoms with Gasteiger partial charge < -0.3 is 4.52 Å². The lowest BCUT2D eigenvalue weighted by Crippen LogP contribution is -2.28. The summed E-state index contributed by atoms with van der Waals surface area (Å²) in [7, 11) is -3.82. The summed E-state index contributed by atoms with van der Waals surface area (Å²) in [5, 5.41) is 3.61. The molecule has 0 unspecified atom stereocenters. The normalized spacial score (nSPS) is 13.4. The van der Waals surface area contributed by atoms with Gasteiger partial charge in [-0.25, -0.2) is 17.5 Å². The van der Waals surface area contributed by atoms with Crippen molar-refractivity contribution in [3.63, 3.8) is 0 Å². The Hall–Kier alpha value is -1.73. The van der Waals surface area contributed by atoms with Crippen molar-refractivity contribution < 1.29 is 17.3 Å². The second-order valence-electron chi connectivity index (χ2n) is 4.52. The number of nitrogens with one attached hydrogen (secondary N) is 1. The first-order valence-corrected chi connectivity index (χ1v) is 7.51. The van der Waals surface area contributed by atoms with Gasteiger partial charge in [0.05, 0.1) is 0 Å². The van der Waals surface area contributed by atoms with Crippen LogP contribution in [0.3, 0.4) is 0 Å². The molecule has 1 aromatic carbocycles. The van der Waals surface area contributed by atoms with Crippen molar-refractivity contribution in [3.05, 3.63) is 47.1 Å². The van der Waals surface area contributed by atoms with Gasteiger partial charge in [0.2, 0.25) is 10.0 Å². The van der Waals surface area contributed by atoms with Crippen LogP contribution in [0.25, 0.3) is 0 Å². The molecule has 0 aliphatic carbocycles. The summed E-state index contributed by atoms with van der Waals surface area (Å²) in [4.78, 5) is 0.000638. The van der Waals surface area contributed by atoms with Gasteiger partial charge in [-0.2, -0.15) is 0 Å². The Labute approximate surface area is 116 Å². The molecule has 0 aliphatic rings. The van der Waals surface area contributed by atoms with Crippen LogP contribution in [0.15, 0.2) is 33.7 Å². The molecule has 0 amide bonds. The van der Waals surface area contributed by atoms with Crippen LogP contribution in [-0.2, 0) is 10.0 Å². The van der Waals surface area contributed by atoms with Crippen molar-refractivity contribution in [1.82, 2.24) is 9.88 Å². The molecule has 7 heteroatoms. The van der Waals surface area contributed by atoms with Gasteiger partial charge in [-0.15, -0.1) is 0 Å². The third kappa shape index (κ3) is 2.73. The SMILES string of the molecule is Cc1noc(C)c1S(=O)(=O)N[C@H](C)c1ccccc1F. The molecule has 2 aromatic rings. The predicted octanol–water partition coefficient (Wildman–Crippen LogP) is 2.47. The Bertz CT molecular complexity index is 705. The maximum absolute atomic E-state index is 13.7. The molecule has 1 N–H and O–H groups in total. The summed E-state index contributed by atoms with van der Waals surface area (Å²) >= 11 is 0. The van der Waals surface area contributed by atoms with Gasteiger partial charge in [-0.05, 0) is 26.8 Å². The molecule has 0 bridgehead atoms. The molecule has 0 saturated carbocycles. The lowest BCUT2D eigenvalue weighted by molar-refractivity contribution is 0.390. The molecule has 20 heavy (non-hydrogen) atoms. The molecule has 0 radical (unpaired) electrons. The van der Waals surface area contributed by atoms with E-state index >= 15 is 0 Å². The third-order valence-corrected chi connectivity index (χ3v) is 4.72. The number of nitrogens with zero attached hydrogens (tertiary/aromatic N) is 1. The van der Waals surface area contributed by atoms with Gasteiger partial charge in [-0.3, -0.25) is 0 Å². The molecule has 2 rings (SSSR count). The zero-order valence-corrected chi connectivity index (χ0v) is 12.2. The number of rotatable bonds is 4. The summed E-state index contributed by atoms with van der Waals surface area (Å²) < 4.78 is 45.5. The largest absolute Gasteiger partial charge is 0.360 e. The second kappa shape index (κ2) is 5.34. The Morgan fingerprint density at radius 1 is 1.30 bits per heavy atom. The number of halogens is 1. The second-order valence-corrected chi connectivity index (χ2v) is 6.17. The molecule has 5 nitrogen and oxygen atoms in total. The van der Waals surface area contributed by atoms with Gasteiger partial charge in [-0.1, -0.05) is 23.4 Å². The monoisotopic (exact) mass is 298 g/mol. The van der Waals surface area contributed by atoms with E-state index in [0.29, 0.717) is 0 Å². The van der Waals surface area contributed by atoms with E-state index in [1.807, 2.05) is 0 Å². The van der Waals surface area contributed by atoms with Gasteiger partial charge in [0.1, 0.15) is 16.4 Å². The molecule has 0 saturated heterocycles. The van der Waals surface area contributed by atoms with Crippen LogP contribution in [0.5, 0.6) is 0 Å². The highest BCUT2D eigenvalue weighted by Crippen LogP contribution is 2.23. The van der Waals surface area contributed by atoms with Crippen LogP contribution in [0.1, 0.15) is 30.0 Å². The maximum Gasteiger partial charge on any atom is 0.246 e. The van der Waals surface area contributed by atoms with Crippen molar-refractivity contribution in [2.45, 2.75) is 31.7 Å². The van der Waals surface area contributed by atoms with E-state index in [9.17, 15) is 12.8 Å². The van der Waals surface area contributed by atoms with E-state index in [-0.39, 0.29) is 21.9 Å². The molecule has 0 fully saturated rings. The first-order valence-electron chi connectivity index (χ1n) is 6.02. The van der Waals surface area contributed by atoms with E-state index < -0.39 is 21.9 Å². The molecule has 1 atom stereocenters. The van der Waals surface area contributed by atoms with Crippen LogP contribution >= 0.6 is 0 Å². The van der Waals surface area contributed by atoms with E-state index in [0.717, 1.165) is 0 Å². The summed E-state index contributed by atoms with van der Waals surface area (Å²) in [5.41, 5.74) is 0.554. The van der Waals surface area contributed by atoms with E-state index in [1.165, 1.54) is 19.1 Å². The van der Waals surface area contributed by atoms with E-state index in [4.69, 9.17) is 4.52 Å². The van der Waals surface area contributed by atoms with Crippen LogP contribution < -0.4 is 4.72 Å². The summed E-state index contributed by atoms with van der Waals surface area (Å²) in [6.07, 6.45) is 0. The fourth-order valence-electron chi connectivity index (χ4n) is 2.04. The molecular formula is C13H15FN2O3S. The van der Waals surface area contributed by atoms with Crippen LogP contribution in [0.2, 0.25) is 0 Å². The van der Waals surface area contributed by atoms with Crippen LogP contribution in [-0.4, -0.2) is 13.6 Å². The molecule has 108 valence electrons. The number of aryl methyl sites for hydroxylation is 2. The maximum atomic E-state index is 13.7. The molecule has 0 spiro atoms. The van der Waals surface area contributed by atoms with Gasteiger partial charge in [0.25, 0.3) is 0 Å². The standard InChI is InChI=1S/C13H15FN2O3S/c1-8(11-6-4-5-7-12(11)14)16-20(17,18)13-9(2)15-19-10(13)3/h4-8,16H,1-3H3/t8-/m1/s1. The van der Waals surface area contributed by atoms with E-state index in [1.54, 1.807) is 26.0 Å². The smallest absolute Gasteiger partial charge is 0.246 e. The number of hydrogen-bond acceptors (Lipinski definition) is 4. The summed E-state index contributed by atoms with van der Waals surface area (Å²) in [6.45, 7) is 4.63. The zero-order valence-electron chi connectivity index (χ0n) is 11.3. The Morgan fingerprint density at radius 3 is 2.50 bits per heavy atom. The first-order chi connectivity index (χ1) is 9.33. The first kappa shape index (κ1) is 14.7.